The summed E-state index contributed by atoms with van der Waals surface area (Å²) in [4.78, 5) is 0. The van der Waals surface area contributed by atoms with Crippen molar-refractivity contribution in [3.05, 3.63) is 34.8 Å². The first-order valence-electron chi connectivity index (χ1n) is 3.10. The summed E-state index contributed by atoms with van der Waals surface area (Å²) in [6, 6.07) is 9.97. The van der Waals surface area contributed by atoms with E-state index in [-0.39, 0.29) is 0 Å². The van der Waals surface area contributed by atoms with Crippen molar-refractivity contribution in [2.45, 2.75) is 0 Å². The van der Waals surface area contributed by atoms with E-state index in [0.29, 0.717) is 0 Å². The van der Waals surface area contributed by atoms with Gasteiger partial charge in [0.05, 0.1) is 0 Å². The van der Waals surface area contributed by atoms with Crippen LogP contribution in [0.15, 0.2) is 34.8 Å². The summed E-state index contributed by atoms with van der Waals surface area (Å²) in [5.41, 5.74) is 0. The van der Waals surface area contributed by atoms with Crippen LogP contribution in [0.3, 0.4) is 0 Å². The highest BCUT2D eigenvalue weighted by Crippen LogP contribution is 2.05. The average molecular weight is 202 g/mol. The van der Waals surface area contributed by atoms with Crippen LogP contribution in [-0.2, 0) is 0 Å². The minimum atomic E-state index is 1.13. The lowest BCUT2D eigenvalue weighted by Crippen LogP contribution is -1.89. The predicted molar refractivity (Wildman–Crippen MR) is 49.1 cm³/mol. The first-order valence-corrected chi connectivity index (χ1v) is 3.89. The van der Waals surface area contributed by atoms with Gasteiger partial charge < -0.3 is 5.32 Å². The maximum Gasteiger partial charge on any atom is 0.0175 e. The molecule has 1 nitrogen and oxygen atoms in total. The zero-order chi connectivity index (χ0) is 7.82. The Labute approximate surface area is 70.6 Å². The molecule has 2 heteroatoms. The number of hydrogen-bond acceptors (Lipinski definition) is 1. The Balaban J connectivity index is 0.000000236. The summed E-state index contributed by atoms with van der Waals surface area (Å²) in [6.45, 7) is 0. The molecule has 0 saturated carbocycles. The molecule has 10 heavy (non-hydrogen) atoms. The van der Waals surface area contributed by atoms with Crippen molar-refractivity contribution in [2.75, 3.05) is 14.1 Å². The topological polar surface area (TPSA) is 12.0 Å². The second-order valence-corrected chi connectivity index (χ2v) is 2.71. The van der Waals surface area contributed by atoms with Crippen LogP contribution < -0.4 is 5.32 Å². The van der Waals surface area contributed by atoms with Gasteiger partial charge in [0.1, 0.15) is 0 Å². The molecule has 0 bridgehead atoms. The van der Waals surface area contributed by atoms with Crippen molar-refractivity contribution in [1.29, 1.82) is 0 Å². The number of benzene rings is 1. The summed E-state index contributed by atoms with van der Waals surface area (Å²) in [5, 5.41) is 2.75. The monoisotopic (exact) mass is 201 g/mol. The standard InChI is InChI=1S/C6H5Br.C2H7N/c7-6-4-2-1-3-5-6;1-3-2/h1-5H;3H,1-2H3. The first-order chi connectivity index (χ1) is 4.81. The maximum atomic E-state index is 3.31. The molecule has 0 unspecified atom stereocenters. The fourth-order valence-corrected chi connectivity index (χ4v) is 0.720. The van der Waals surface area contributed by atoms with Crippen molar-refractivity contribution in [1.82, 2.24) is 5.32 Å². The van der Waals surface area contributed by atoms with Crippen LogP contribution in [0.1, 0.15) is 0 Å². The van der Waals surface area contributed by atoms with Gasteiger partial charge in [-0.15, -0.1) is 0 Å². The summed E-state index contributed by atoms with van der Waals surface area (Å²) in [6.07, 6.45) is 0. The maximum absolute atomic E-state index is 3.31. The lowest BCUT2D eigenvalue weighted by molar-refractivity contribution is 1.02. The molecular weight excluding hydrogens is 190 g/mol. The Morgan fingerprint density at radius 3 is 1.70 bits per heavy atom. The molecule has 1 aromatic carbocycles. The van der Waals surface area contributed by atoms with Gasteiger partial charge in [0, 0.05) is 4.47 Å². The van der Waals surface area contributed by atoms with Crippen LogP contribution in [0.4, 0.5) is 0 Å². The van der Waals surface area contributed by atoms with Gasteiger partial charge in [0.2, 0.25) is 0 Å². The van der Waals surface area contributed by atoms with Crippen LogP contribution in [-0.4, -0.2) is 14.1 Å². The van der Waals surface area contributed by atoms with E-state index in [2.05, 4.69) is 21.2 Å². The van der Waals surface area contributed by atoms with E-state index < -0.39 is 0 Å². The molecule has 0 fully saturated rings. The van der Waals surface area contributed by atoms with Crippen LogP contribution >= 0.6 is 15.9 Å². The molecular formula is C8H12BrN. The lowest BCUT2D eigenvalue weighted by Gasteiger charge is -1.80. The van der Waals surface area contributed by atoms with Gasteiger partial charge in [0.25, 0.3) is 0 Å². The third-order valence-electron chi connectivity index (χ3n) is 0.733. The van der Waals surface area contributed by atoms with E-state index >= 15 is 0 Å². The summed E-state index contributed by atoms with van der Waals surface area (Å²) >= 11 is 3.31. The fourth-order valence-electron chi connectivity index (χ4n) is 0.415. The van der Waals surface area contributed by atoms with E-state index in [4.69, 9.17) is 0 Å². The molecule has 0 aliphatic carbocycles. The number of rotatable bonds is 0. The Morgan fingerprint density at radius 2 is 1.50 bits per heavy atom. The van der Waals surface area contributed by atoms with Gasteiger partial charge in [-0.1, -0.05) is 34.1 Å². The highest BCUT2D eigenvalue weighted by Gasteiger charge is 1.74. The van der Waals surface area contributed by atoms with Gasteiger partial charge in [0.15, 0.2) is 0 Å². The molecule has 0 amide bonds. The van der Waals surface area contributed by atoms with Gasteiger partial charge in [-0.25, -0.2) is 0 Å². The summed E-state index contributed by atoms with van der Waals surface area (Å²) in [5.74, 6) is 0. The Hall–Kier alpha value is -0.340. The Morgan fingerprint density at radius 1 is 1.10 bits per heavy atom. The smallest absolute Gasteiger partial charge is 0.0175 e. The predicted octanol–water partition coefficient (Wildman–Crippen LogP) is 2.28. The molecule has 0 aliphatic rings. The van der Waals surface area contributed by atoms with E-state index in [1.807, 2.05) is 44.4 Å². The van der Waals surface area contributed by atoms with Crippen molar-refractivity contribution >= 4 is 15.9 Å². The van der Waals surface area contributed by atoms with E-state index in [9.17, 15) is 0 Å². The molecule has 0 heterocycles. The molecule has 1 aromatic rings. The van der Waals surface area contributed by atoms with Crippen molar-refractivity contribution < 1.29 is 0 Å². The SMILES string of the molecule is Brc1ccccc1.CNC. The largest absolute Gasteiger partial charge is 0.323 e. The number of hydrogen-bond donors (Lipinski definition) is 1. The van der Waals surface area contributed by atoms with Crippen LogP contribution in [0.25, 0.3) is 0 Å². The second kappa shape index (κ2) is 6.78. The minimum absolute atomic E-state index is 1.13. The highest BCUT2D eigenvalue weighted by atomic mass is 79.9. The minimum Gasteiger partial charge on any atom is -0.323 e. The number of nitrogens with one attached hydrogen (secondary N) is 1. The zero-order valence-electron chi connectivity index (χ0n) is 6.26. The van der Waals surface area contributed by atoms with Gasteiger partial charge in [-0.3, -0.25) is 0 Å². The summed E-state index contributed by atoms with van der Waals surface area (Å²) < 4.78 is 1.13. The van der Waals surface area contributed by atoms with Crippen molar-refractivity contribution in [2.24, 2.45) is 0 Å². The lowest BCUT2D eigenvalue weighted by atomic mass is 10.4. The molecule has 56 valence electrons. The average Bonchev–Trinajstić information content (AvgIpc) is 1.91. The first kappa shape index (κ1) is 9.66. The van der Waals surface area contributed by atoms with Crippen molar-refractivity contribution in [3.8, 4) is 0 Å². The normalized spacial score (nSPS) is 7.90. The third kappa shape index (κ3) is 5.79. The molecule has 0 saturated heterocycles. The van der Waals surface area contributed by atoms with E-state index in [0.717, 1.165) is 4.47 Å². The second-order valence-electron chi connectivity index (χ2n) is 1.80. The highest BCUT2D eigenvalue weighted by molar-refractivity contribution is 9.10. The molecule has 0 spiro atoms. The van der Waals surface area contributed by atoms with Crippen LogP contribution in [0.5, 0.6) is 0 Å². The van der Waals surface area contributed by atoms with Gasteiger partial charge in [-0.05, 0) is 26.2 Å². The molecule has 0 aliphatic heterocycles. The molecule has 0 aromatic heterocycles. The third-order valence-corrected chi connectivity index (χ3v) is 1.26. The van der Waals surface area contributed by atoms with Crippen LogP contribution in [0.2, 0.25) is 0 Å². The van der Waals surface area contributed by atoms with Gasteiger partial charge >= 0.3 is 0 Å². The zero-order valence-corrected chi connectivity index (χ0v) is 7.85. The summed E-state index contributed by atoms with van der Waals surface area (Å²) in [7, 11) is 3.75. The number of halogens is 1. The fraction of sp³-hybridized carbons (Fsp3) is 0.250. The van der Waals surface area contributed by atoms with E-state index in [1.54, 1.807) is 0 Å². The van der Waals surface area contributed by atoms with E-state index in [1.165, 1.54) is 0 Å². The van der Waals surface area contributed by atoms with Gasteiger partial charge in [-0.2, -0.15) is 0 Å². The molecule has 0 radical (unpaired) electrons. The van der Waals surface area contributed by atoms with Crippen LogP contribution in [0, 0.1) is 0 Å². The molecule has 1 rings (SSSR count). The van der Waals surface area contributed by atoms with Crippen molar-refractivity contribution in [3.63, 3.8) is 0 Å². The molecule has 1 N–H and O–H groups in total. The Bertz CT molecular complexity index is 151. The quantitative estimate of drug-likeness (QED) is 0.680. The molecule has 0 atom stereocenters. The Kier molecular flexibility index (Phi) is 6.55.